The molecule has 0 bridgehead atoms. The van der Waals surface area contributed by atoms with Crippen LogP contribution in [0.3, 0.4) is 0 Å². The number of hydrogen-bond donors (Lipinski definition) is 1. The maximum Gasteiger partial charge on any atom is 0.254 e. The van der Waals surface area contributed by atoms with Crippen molar-refractivity contribution in [3.63, 3.8) is 0 Å². The molecular weight excluding hydrogens is 282 g/mol. The minimum atomic E-state index is -0.509. The van der Waals surface area contributed by atoms with Gasteiger partial charge in [0.05, 0.1) is 0 Å². The molecule has 1 saturated carbocycles. The van der Waals surface area contributed by atoms with Gasteiger partial charge in [0.2, 0.25) is 11.8 Å². The van der Waals surface area contributed by atoms with Crippen molar-refractivity contribution in [3.05, 3.63) is 23.9 Å². The third-order valence-electron chi connectivity index (χ3n) is 4.41. The van der Waals surface area contributed by atoms with E-state index in [1.165, 1.54) is 6.42 Å². The van der Waals surface area contributed by atoms with Gasteiger partial charge in [0.1, 0.15) is 12.1 Å². The number of piperidine rings is 1. The van der Waals surface area contributed by atoms with Gasteiger partial charge in [-0.1, -0.05) is 0 Å². The molecule has 2 fully saturated rings. The Balaban J connectivity index is 1.75. The average Bonchev–Trinajstić information content (AvgIpc) is 2.50. The summed E-state index contributed by atoms with van der Waals surface area (Å²) in [5.41, 5.74) is 5.92. The summed E-state index contributed by atoms with van der Waals surface area (Å²) in [6.07, 6.45) is 7.49. The second-order valence-corrected chi connectivity index (χ2v) is 5.97. The number of primary amides is 1. The van der Waals surface area contributed by atoms with E-state index in [9.17, 15) is 9.59 Å². The van der Waals surface area contributed by atoms with Crippen molar-refractivity contribution in [2.75, 3.05) is 6.54 Å². The van der Waals surface area contributed by atoms with Crippen molar-refractivity contribution in [2.45, 2.75) is 50.7 Å². The van der Waals surface area contributed by atoms with Crippen LogP contribution in [0.2, 0.25) is 0 Å². The number of hydrogen-bond acceptors (Lipinski definition) is 4. The van der Waals surface area contributed by atoms with Gasteiger partial charge in [-0.15, -0.1) is 0 Å². The molecule has 0 spiro atoms. The molecule has 6 nitrogen and oxygen atoms in total. The molecule has 22 heavy (non-hydrogen) atoms. The number of pyridine rings is 1. The van der Waals surface area contributed by atoms with Gasteiger partial charge in [-0.2, -0.15) is 0 Å². The topological polar surface area (TPSA) is 85.5 Å². The molecule has 2 amide bonds. The smallest absolute Gasteiger partial charge is 0.254 e. The molecule has 1 saturated heterocycles. The summed E-state index contributed by atoms with van der Waals surface area (Å²) in [6, 6.07) is 2.81. The minimum Gasteiger partial charge on any atom is -0.474 e. The zero-order valence-corrected chi connectivity index (χ0v) is 12.5. The number of carbonyl (C=O) groups is 2. The lowest BCUT2D eigenvalue weighted by molar-refractivity contribution is -0.123. The predicted molar refractivity (Wildman–Crippen MR) is 80.4 cm³/mol. The molecule has 2 aliphatic rings. The zero-order chi connectivity index (χ0) is 15.5. The first-order chi connectivity index (χ1) is 10.6. The van der Waals surface area contributed by atoms with E-state index in [1.54, 1.807) is 23.2 Å². The molecule has 1 aromatic rings. The quantitative estimate of drug-likeness (QED) is 0.913. The largest absolute Gasteiger partial charge is 0.474 e. The number of ether oxygens (including phenoxy) is 1. The van der Waals surface area contributed by atoms with Crippen LogP contribution >= 0.6 is 0 Å². The number of aromatic nitrogens is 1. The number of amides is 2. The van der Waals surface area contributed by atoms with Gasteiger partial charge in [0.15, 0.2) is 0 Å². The molecule has 6 heteroatoms. The van der Waals surface area contributed by atoms with Gasteiger partial charge in [-0.3, -0.25) is 9.59 Å². The highest BCUT2D eigenvalue weighted by molar-refractivity contribution is 5.97. The Labute approximate surface area is 129 Å². The molecule has 0 radical (unpaired) electrons. The highest BCUT2D eigenvalue weighted by Crippen LogP contribution is 2.25. The lowest BCUT2D eigenvalue weighted by Gasteiger charge is -2.33. The monoisotopic (exact) mass is 303 g/mol. The summed E-state index contributed by atoms with van der Waals surface area (Å²) in [6.45, 7) is 0.563. The first-order valence-corrected chi connectivity index (χ1v) is 7.88. The summed E-state index contributed by atoms with van der Waals surface area (Å²) in [5.74, 6) is -0.138. The van der Waals surface area contributed by atoms with Gasteiger partial charge in [-0.25, -0.2) is 4.98 Å². The van der Waals surface area contributed by atoms with Crippen LogP contribution in [0.15, 0.2) is 18.3 Å². The number of likely N-dealkylation sites (tertiary alicyclic amines) is 1. The molecule has 1 unspecified atom stereocenters. The summed E-state index contributed by atoms with van der Waals surface area (Å²) in [4.78, 5) is 30.0. The third-order valence-corrected chi connectivity index (χ3v) is 4.41. The molecule has 1 atom stereocenters. The van der Waals surface area contributed by atoms with Gasteiger partial charge in [0, 0.05) is 24.4 Å². The second kappa shape index (κ2) is 6.34. The van der Waals surface area contributed by atoms with Crippen LogP contribution in [0.25, 0.3) is 0 Å². The number of rotatable bonds is 4. The molecule has 1 aromatic heterocycles. The standard InChI is InChI=1S/C16H21N3O3/c17-15(20)13-6-1-2-9-19(13)16(21)11-7-8-18-14(10-11)22-12-4-3-5-12/h7-8,10,12-13H,1-6,9H2,(H2,17,20). The van der Waals surface area contributed by atoms with Crippen molar-refractivity contribution < 1.29 is 14.3 Å². The molecule has 1 aliphatic heterocycles. The Bertz CT molecular complexity index is 572. The normalized spacial score (nSPS) is 22.0. The molecule has 2 heterocycles. The molecule has 1 aliphatic carbocycles. The van der Waals surface area contributed by atoms with Crippen LogP contribution in [0.1, 0.15) is 48.9 Å². The van der Waals surface area contributed by atoms with E-state index < -0.39 is 11.9 Å². The van der Waals surface area contributed by atoms with E-state index in [0.29, 0.717) is 24.4 Å². The summed E-state index contributed by atoms with van der Waals surface area (Å²) < 4.78 is 5.73. The number of nitrogens with zero attached hydrogens (tertiary/aromatic N) is 2. The van der Waals surface area contributed by atoms with E-state index in [4.69, 9.17) is 10.5 Å². The van der Waals surface area contributed by atoms with Crippen molar-refractivity contribution in [2.24, 2.45) is 5.73 Å². The van der Waals surface area contributed by atoms with Crippen LogP contribution in [-0.2, 0) is 4.79 Å². The molecule has 0 aromatic carbocycles. The Morgan fingerprint density at radius 3 is 2.73 bits per heavy atom. The number of carbonyl (C=O) groups excluding carboxylic acids is 2. The van der Waals surface area contributed by atoms with Crippen molar-refractivity contribution in [1.82, 2.24) is 9.88 Å². The van der Waals surface area contributed by atoms with Gasteiger partial charge < -0.3 is 15.4 Å². The van der Waals surface area contributed by atoms with E-state index in [-0.39, 0.29) is 12.0 Å². The van der Waals surface area contributed by atoms with Gasteiger partial charge >= 0.3 is 0 Å². The summed E-state index contributed by atoms with van der Waals surface area (Å²) in [5, 5.41) is 0. The maximum absolute atomic E-state index is 12.7. The fourth-order valence-electron chi connectivity index (χ4n) is 2.90. The Morgan fingerprint density at radius 1 is 1.23 bits per heavy atom. The van der Waals surface area contributed by atoms with Crippen LogP contribution < -0.4 is 10.5 Å². The van der Waals surface area contributed by atoms with Crippen molar-refractivity contribution in [1.29, 1.82) is 0 Å². The summed E-state index contributed by atoms with van der Waals surface area (Å²) >= 11 is 0. The summed E-state index contributed by atoms with van der Waals surface area (Å²) in [7, 11) is 0. The lowest BCUT2D eigenvalue weighted by Crippen LogP contribution is -2.50. The molecule has 3 rings (SSSR count). The molecule has 118 valence electrons. The lowest BCUT2D eigenvalue weighted by atomic mass is 9.96. The first-order valence-electron chi connectivity index (χ1n) is 7.88. The average molecular weight is 303 g/mol. The minimum absolute atomic E-state index is 0.177. The van der Waals surface area contributed by atoms with Crippen LogP contribution in [0, 0.1) is 0 Å². The zero-order valence-electron chi connectivity index (χ0n) is 12.5. The fraction of sp³-hybridized carbons (Fsp3) is 0.562. The van der Waals surface area contributed by atoms with Crippen molar-refractivity contribution >= 4 is 11.8 Å². The second-order valence-electron chi connectivity index (χ2n) is 5.97. The highest BCUT2D eigenvalue weighted by atomic mass is 16.5. The highest BCUT2D eigenvalue weighted by Gasteiger charge is 2.31. The van der Waals surface area contributed by atoms with E-state index in [1.807, 2.05) is 0 Å². The fourth-order valence-corrected chi connectivity index (χ4v) is 2.90. The van der Waals surface area contributed by atoms with Crippen LogP contribution in [-0.4, -0.2) is 40.4 Å². The Morgan fingerprint density at radius 2 is 2.05 bits per heavy atom. The van der Waals surface area contributed by atoms with Crippen LogP contribution in [0.5, 0.6) is 5.88 Å². The van der Waals surface area contributed by atoms with Crippen molar-refractivity contribution in [3.8, 4) is 5.88 Å². The van der Waals surface area contributed by atoms with E-state index >= 15 is 0 Å². The Kier molecular flexibility index (Phi) is 4.27. The van der Waals surface area contributed by atoms with Gasteiger partial charge in [-0.05, 0) is 44.6 Å². The third kappa shape index (κ3) is 3.05. The molecular formula is C16H21N3O3. The van der Waals surface area contributed by atoms with E-state index in [0.717, 1.165) is 25.7 Å². The van der Waals surface area contributed by atoms with E-state index in [2.05, 4.69) is 4.98 Å². The van der Waals surface area contributed by atoms with Crippen LogP contribution in [0.4, 0.5) is 0 Å². The molecule has 2 N–H and O–H groups in total. The first kappa shape index (κ1) is 14.8. The maximum atomic E-state index is 12.7. The number of nitrogens with two attached hydrogens (primary N) is 1. The SMILES string of the molecule is NC(=O)C1CCCCN1C(=O)c1ccnc(OC2CCC2)c1. The predicted octanol–water partition coefficient (Wildman–Crippen LogP) is 1.49. The Hall–Kier alpha value is -2.11. The van der Waals surface area contributed by atoms with Gasteiger partial charge in [0.25, 0.3) is 5.91 Å².